The van der Waals surface area contributed by atoms with E-state index in [4.69, 9.17) is 4.42 Å². The Labute approximate surface area is 156 Å². The Hall–Kier alpha value is -3.62. The van der Waals surface area contributed by atoms with Crippen LogP contribution in [0.2, 0.25) is 0 Å². The van der Waals surface area contributed by atoms with Crippen molar-refractivity contribution in [2.75, 3.05) is 0 Å². The molecule has 9 heteroatoms. The lowest BCUT2D eigenvalue weighted by atomic mass is 10.1. The third-order valence-corrected chi connectivity index (χ3v) is 4.07. The number of halogens is 3. The maximum Gasteiger partial charge on any atom is 0.573 e. The molecule has 2 aromatic heterocycles. The summed E-state index contributed by atoms with van der Waals surface area (Å²) in [4.78, 5) is 15.9. The van der Waals surface area contributed by atoms with Crippen LogP contribution < -0.4 is 10.2 Å². The fourth-order valence-electron chi connectivity index (χ4n) is 2.85. The second-order valence-corrected chi connectivity index (χ2v) is 6.03. The van der Waals surface area contributed by atoms with E-state index >= 15 is 0 Å². The predicted molar refractivity (Wildman–Crippen MR) is 95.4 cm³/mol. The molecule has 0 spiro atoms. The quantitative estimate of drug-likeness (QED) is 0.681. The van der Waals surface area contributed by atoms with Gasteiger partial charge in [0.15, 0.2) is 0 Å². The van der Waals surface area contributed by atoms with Gasteiger partial charge in [-0.05, 0) is 36.8 Å². The summed E-state index contributed by atoms with van der Waals surface area (Å²) >= 11 is 0. The van der Waals surface area contributed by atoms with E-state index in [1.54, 1.807) is 31.3 Å². The number of nitrogens with zero attached hydrogens (tertiary/aromatic N) is 2. The van der Waals surface area contributed by atoms with E-state index in [1.807, 2.05) is 0 Å². The SMILES string of the molecule is CC1=NNC(=O)C1=Cc1cc2cncc(-c3cccc(OC(F)(F)F)c3)c2o1. The molecule has 0 bridgehead atoms. The third kappa shape index (κ3) is 3.46. The minimum absolute atomic E-state index is 0.340. The molecule has 28 heavy (non-hydrogen) atoms. The summed E-state index contributed by atoms with van der Waals surface area (Å²) in [5, 5.41) is 4.48. The van der Waals surface area contributed by atoms with Crippen molar-refractivity contribution in [1.29, 1.82) is 0 Å². The van der Waals surface area contributed by atoms with E-state index in [2.05, 4.69) is 20.2 Å². The zero-order valence-electron chi connectivity index (χ0n) is 14.4. The van der Waals surface area contributed by atoms with Gasteiger partial charge in [0, 0.05) is 23.3 Å². The second-order valence-electron chi connectivity index (χ2n) is 6.03. The number of carbonyl (C=O) groups is 1. The number of benzene rings is 1. The van der Waals surface area contributed by atoms with E-state index in [0.717, 1.165) is 0 Å². The van der Waals surface area contributed by atoms with Gasteiger partial charge >= 0.3 is 6.36 Å². The van der Waals surface area contributed by atoms with Crippen molar-refractivity contribution in [3.05, 3.63) is 54.1 Å². The molecule has 3 heterocycles. The molecular weight excluding hydrogens is 375 g/mol. The number of nitrogens with one attached hydrogen (secondary N) is 1. The number of ether oxygens (including phenoxy) is 1. The first-order valence-corrected chi connectivity index (χ1v) is 8.10. The Kier molecular flexibility index (Phi) is 4.14. The summed E-state index contributed by atoms with van der Waals surface area (Å²) in [5.74, 6) is -0.285. The van der Waals surface area contributed by atoms with Gasteiger partial charge in [-0.25, -0.2) is 5.43 Å². The lowest BCUT2D eigenvalue weighted by molar-refractivity contribution is -0.274. The molecule has 1 aliphatic rings. The van der Waals surface area contributed by atoms with E-state index < -0.39 is 6.36 Å². The normalized spacial score (nSPS) is 15.8. The van der Waals surface area contributed by atoms with Gasteiger partial charge in [-0.2, -0.15) is 5.10 Å². The van der Waals surface area contributed by atoms with E-state index in [1.165, 1.54) is 24.4 Å². The average molecular weight is 387 g/mol. The zero-order valence-corrected chi connectivity index (χ0v) is 14.4. The van der Waals surface area contributed by atoms with E-state index in [0.29, 0.717) is 39.1 Å². The molecule has 3 aromatic rings. The highest BCUT2D eigenvalue weighted by Crippen LogP contribution is 2.33. The number of furan rings is 1. The van der Waals surface area contributed by atoms with Crippen molar-refractivity contribution in [3.63, 3.8) is 0 Å². The molecule has 4 rings (SSSR count). The smallest absolute Gasteiger partial charge is 0.456 e. The van der Waals surface area contributed by atoms with Gasteiger partial charge in [0.05, 0.1) is 11.3 Å². The molecular formula is C19H12F3N3O3. The van der Waals surface area contributed by atoms with Crippen molar-refractivity contribution >= 4 is 28.7 Å². The van der Waals surface area contributed by atoms with E-state index in [9.17, 15) is 18.0 Å². The molecule has 0 aliphatic carbocycles. The van der Waals surface area contributed by atoms with Crippen LogP contribution in [0.3, 0.4) is 0 Å². The van der Waals surface area contributed by atoms with Gasteiger partial charge in [0.2, 0.25) is 0 Å². The monoisotopic (exact) mass is 387 g/mol. The number of fused-ring (bicyclic) bond motifs is 1. The maximum atomic E-state index is 12.5. The highest BCUT2D eigenvalue weighted by molar-refractivity contribution is 6.26. The summed E-state index contributed by atoms with van der Waals surface area (Å²) in [6.45, 7) is 1.69. The predicted octanol–water partition coefficient (Wildman–Crippen LogP) is 4.28. The molecule has 6 nitrogen and oxygen atoms in total. The van der Waals surface area contributed by atoms with Crippen LogP contribution in [-0.4, -0.2) is 23.0 Å². The summed E-state index contributed by atoms with van der Waals surface area (Å²) in [6.07, 6.45) is -0.178. The Bertz CT molecular complexity index is 1150. The molecule has 0 saturated heterocycles. The topological polar surface area (TPSA) is 76.7 Å². The molecule has 1 N–H and O–H groups in total. The minimum Gasteiger partial charge on any atom is -0.456 e. The number of carbonyl (C=O) groups excluding carboxylic acids is 1. The molecule has 0 fully saturated rings. The highest BCUT2D eigenvalue weighted by Gasteiger charge is 2.31. The number of hydrogen-bond donors (Lipinski definition) is 1. The number of amides is 1. The van der Waals surface area contributed by atoms with Gasteiger partial charge in [-0.15, -0.1) is 13.2 Å². The number of hydrogen-bond acceptors (Lipinski definition) is 5. The third-order valence-electron chi connectivity index (χ3n) is 4.07. The lowest BCUT2D eigenvalue weighted by Crippen LogP contribution is -2.17. The van der Waals surface area contributed by atoms with Crippen LogP contribution >= 0.6 is 0 Å². The summed E-state index contributed by atoms with van der Waals surface area (Å²) in [5.41, 5.74) is 4.63. The molecule has 0 unspecified atom stereocenters. The molecule has 142 valence electrons. The lowest BCUT2D eigenvalue weighted by Gasteiger charge is -2.10. The first-order valence-electron chi connectivity index (χ1n) is 8.10. The Balaban J connectivity index is 1.76. The summed E-state index contributed by atoms with van der Waals surface area (Å²) < 4.78 is 47.3. The summed E-state index contributed by atoms with van der Waals surface area (Å²) in [7, 11) is 0. The average Bonchev–Trinajstić information content (AvgIpc) is 3.18. The number of hydrazone groups is 1. The summed E-state index contributed by atoms with van der Waals surface area (Å²) in [6, 6.07) is 7.23. The van der Waals surface area contributed by atoms with Crippen LogP contribution in [0.4, 0.5) is 13.2 Å². The fourth-order valence-corrected chi connectivity index (χ4v) is 2.85. The van der Waals surface area contributed by atoms with Crippen molar-refractivity contribution in [2.24, 2.45) is 5.10 Å². The van der Waals surface area contributed by atoms with Gasteiger partial charge in [0.25, 0.3) is 5.91 Å². The molecule has 0 saturated carbocycles. The van der Waals surface area contributed by atoms with Gasteiger partial charge in [-0.3, -0.25) is 9.78 Å². The first kappa shape index (κ1) is 17.8. The fraction of sp³-hybridized carbons (Fsp3) is 0.105. The number of pyridine rings is 1. The van der Waals surface area contributed by atoms with Crippen LogP contribution in [0.15, 0.2) is 57.8 Å². The van der Waals surface area contributed by atoms with Gasteiger partial charge < -0.3 is 9.15 Å². The molecule has 1 aromatic carbocycles. The second kappa shape index (κ2) is 6.52. The minimum atomic E-state index is -4.78. The van der Waals surface area contributed by atoms with Gasteiger partial charge in [-0.1, -0.05) is 12.1 Å². The number of aromatic nitrogens is 1. The molecule has 1 amide bonds. The van der Waals surface area contributed by atoms with Gasteiger partial charge in [0.1, 0.15) is 17.1 Å². The van der Waals surface area contributed by atoms with Crippen LogP contribution in [0.25, 0.3) is 28.2 Å². The Morgan fingerprint density at radius 2 is 2.04 bits per heavy atom. The van der Waals surface area contributed by atoms with Crippen LogP contribution in [-0.2, 0) is 4.79 Å². The Morgan fingerprint density at radius 3 is 2.75 bits per heavy atom. The molecule has 0 atom stereocenters. The van der Waals surface area contributed by atoms with Crippen molar-refractivity contribution in [3.8, 4) is 16.9 Å². The Morgan fingerprint density at radius 1 is 1.21 bits per heavy atom. The largest absolute Gasteiger partial charge is 0.573 e. The highest BCUT2D eigenvalue weighted by atomic mass is 19.4. The van der Waals surface area contributed by atoms with E-state index in [-0.39, 0.29) is 11.7 Å². The van der Waals surface area contributed by atoms with Crippen LogP contribution in [0, 0.1) is 0 Å². The van der Waals surface area contributed by atoms with Crippen LogP contribution in [0.1, 0.15) is 12.7 Å². The van der Waals surface area contributed by atoms with Crippen molar-refractivity contribution in [2.45, 2.75) is 13.3 Å². The maximum absolute atomic E-state index is 12.5. The standard InChI is InChI=1S/C19H12F3N3O3/c1-10-15(18(26)25-24-10)7-14-6-12-8-23-9-16(17(12)27-14)11-3-2-4-13(5-11)28-19(20,21)22/h2-9H,1H3,(H,25,26). The first-order chi connectivity index (χ1) is 13.3. The number of alkyl halides is 3. The van der Waals surface area contributed by atoms with Crippen molar-refractivity contribution in [1.82, 2.24) is 10.4 Å². The van der Waals surface area contributed by atoms with Crippen LogP contribution in [0.5, 0.6) is 5.75 Å². The zero-order chi connectivity index (χ0) is 19.9. The molecule has 0 radical (unpaired) electrons. The van der Waals surface area contributed by atoms with Crippen molar-refractivity contribution < 1.29 is 27.1 Å². The molecule has 1 aliphatic heterocycles. The number of rotatable bonds is 3.